The summed E-state index contributed by atoms with van der Waals surface area (Å²) in [5.41, 5.74) is -2.38. The van der Waals surface area contributed by atoms with Gasteiger partial charge in [-0.15, -0.1) is 0 Å². The number of hydrogen-bond acceptors (Lipinski definition) is 8. The van der Waals surface area contributed by atoms with E-state index in [1.54, 1.807) is 62.3 Å². The summed E-state index contributed by atoms with van der Waals surface area (Å²) < 4.78 is 17.7. The van der Waals surface area contributed by atoms with Crippen molar-refractivity contribution in [2.75, 3.05) is 4.90 Å². The van der Waals surface area contributed by atoms with Crippen LogP contribution in [0.4, 0.5) is 20.1 Å². The summed E-state index contributed by atoms with van der Waals surface area (Å²) in [5, 5.41) is 7.16. The highest BCUT2D eigenvalue weighted by molar-refractivity contribution is 6.35. The number of imidazole rings is 1. The van der Waals surface area contributed by atoms with Crippen LogP contribution in [0.5, 0.6) is 0 Å². The number of hydrogen-bond donors (Lipinski definition) is 1. The van der Waals surface area contributed by atoms with Gasteiger partial charge in [-0.1, -0.05) is 17.5 Å². The van der Waals surface area contributed by atoms with Gasteiger partial charge < -0.3 is 19.5 Å². The van der Waals surface area contributed by atoms with Crippen molar-refractivity contribution in [2.24, 2.45) is 0 Å². The molecule has 12 heteroatoms. The topological polar surface area (TPSA) is 124 Å². The van der Waals surface area contributed by atoms with Gasteiger partial charge in [0.25, 0.3) is 0 Å². The Morgan fingerprint density at radius 2 is 1.51 bits per heavy atom. The second-order valence-electron chi connectivity index (χ2n) is 12.4. The Labute approximate surface area is 233 Å². The highest BCUT2D eigenvalue weighted by atomic mass is 35.5. The number of nitrogens with zero attached hydrogens (tertiary/aromatic N) is 4. The zero-order valence-electron chi connectivity index (χ0n) is 23.9. The lowest BCUT2D eigenvalue weighted by molar-refractivity contribution is 0.0427. The van der Waals surface area contributed by atoms with E-state index in [9.17, 15) is 14.4 Å². The monoisotopic (exact) mass is 561 g/mol. The maximum atomic E-state index is 13.2. The molecule has 0 unspecified atom stereocenters. The fourth-order valence-electron chi connectivity index (χ4n) is 3.39. The van der Waals surface area contributed by atoms with Crippen molar-refractivity contribution in [2.45, 2.75) is 104 Å². The van der Waals surface area contributed by atoms with Gasteiger partial charge in [-0.3, -0.25) is 0 Å². The minimum Gasteiger partial charge on any atom is -0.444 e. The molecule has 1 saturated carbocycles. The summed E-state index contributed by atoms with van der Waals surface area (Å²) in [5.74, 6) is 6.08. The molecule has 0 atom stereocenters. The van der Waals surface area contributed by atoms with Crippen LogP contribution in [-0.2, 0) is 14.2 Å². The van der Waals surface area contributed by atoms with E-state index in [-0.39, 0.29) is 16.4 Å². The minimum atomic E-state index is -0.980. The number of imide groups is 1. The van der Waals surface area contributed by atoms with Gasteiger partial charge in [-0.25, -0.2) is 23.9 Å². The van der Waals surface area contributed by atoms with Crippen molar-refractivity contribution < 1.29 is 28.6 Å². The van der Waals surface area contributed by atoms with E-state index < -0.39 is 40.6 Å². The van der Waals surface area contributed by atoms with Crippen LogP contribution in [0, 0.1) is 11.8 Å². The first-order valence-electron chi connectivity index (χ1n) is 12.6. The summed E-state index contributed by atoms with van der Waals surface area (Å²) in [7, 11) is 0. The maximum absolute atomic E-state index is 13.2. The molecule has 0 radical (unpaired) electrons. The van der Waals surface area contributed by atoms with Gasteiger partial charge in [-0.05, 0) is 81.1 Å². The molecule has 212 valence electrons. The van der Waals surface area contributed by atoms with Crippen LogP contribution in [0.25, 0.3) is 5.65 Å². The largest absolute Gasteiger partial charge is 0.444 e. The molecule has 0 aromatic carbocycles. The Kier molecular flexibility index (Phi) is 8.14. The Hall–Kier alpha value is -3.52. The fraction of sp³-hybridized carbons (Fsp3) is 0.593. The van der Waals surface area contributed by atoms with E-state index in [0.29, 0.717) is 17.0 Å². The van der Waals surface area contributed by atoms with Crippen molar-refractivity contribution in [1.29, 1.82) is 0 Å². The molecule has 3 amide bonds. The van der Waals surface area contributed by atoms with Crippen LogP contribution in [0.15, 0.2) is 12.4 Å². The van der Waals surface area contributed by atoms with Crippen molar-refractivity contribution in [1.82, 2.24) is 19.9 Å². The van der Waals surface area contributed by atoms with Crippen LogP contribution in [0.1, 0.15) is 87.3 Å². The Morgan fingerprint density at radius 1 is 0.974 bits per heavy atom. The van der Waals surface area contributed by atoms with Crippen LogP contribution >= 0.6 is 11.6 Å². The molecule has 2 aromatic rings. The number of halogens is 1. The first kappa shape index (κ1) is 30.0. The van der Waals surface area contributed by atoms with Gasteiger partial charge in [0, 0.05) is 6.42 Å². The Balaban J connectivity index is 1.93. The standard InChI is InChI=1S/C27H36ClN5O6/c1-24(2,3)37-21(34)31-27(13-14-27)12-10-11-17-15-29-20-19(18(28)16-30-33(17)20)32(22(35)38-25(4,5)6)23(36)39-26(7,8)9/h15-16H,12-14H2,1-9H3,(H,31,34). The normalized spacial score (nSPS) is 14.6. The van der Waals surface area contributed by atoms with Gasteiger partial charge in [0.1, 0.15) is 28.2 Å². The summed E-state index contributed by atoms with van der Waals surface area (Å²) >= 11 is 6.44. The molecule has 2 heterocycles. The third-order valence-electron chi connectivity index (χ3n) is 5.10. The number of anilines is 1. The summed E-state index contributed by atoms with van der Waals surface area (Å²) in [6, 6.07) is 0. The molecule has 1 N–H and O–H groups in total. The zero-order chi connectivity index (χ0) is 29.4. The van der Waals surface area contributed by atoms with Gasteiger partial charge in [-0.2, -0.15) is 10.00 Å². The fourth-order valence-corrected chi connectivity index (χ4v) is 3.60. The van der Waals surface area contributed by atoms with Gasteiger partial charge >= 0.3 is 18.3 Å². The van der Waals surface area contributed by atoms with Gasteiger partial charge in [0.2, 0.25) is 0 Å². The number of nitrogens with one attached hydrogen (secondary N) is 1. The van der Waals surface area contributed by atoms with E-state index in [1.165, 1.54) is 16.9 Å². The number of aromatic nitrogens is 3. The molecule has 0 saturated heterocycles. The van der Waals surface area contributed by atoms with E-state index in [1.807, 2.05) is 0 Å². The average molecular weight is 562 g/mol. The molecule has 2 aromatic heterocycles. The number of amides is 3. The molecule has 11 nitrogen and oxygen atoms in total. The summed E-state index contributed by atoms with van der Waals surface area (Å²) in [6.07, 6.45) is 2.25. The molecule has 1 fully saturated rings. The molecule has 39 heavy (non-hydrogen) atoms. The Bertz CT molecular complexity index is 1310. The van der Waals surface area contributed by atoms with E-state index in [4.69, 9.17) is 25.8 Å². The lowest BCUT2D eigenvalue weighted by Crippen LogP contribution is -2.44. The molecular formula is C27H36ClN5O6. The van der Waals surface area contributed by atoms with Crippen LogP contribution in [0.2, 0.25) is 5.02 Å². The van der Waals surface area contributed by atoms with Crippen LogP contribution in [0.3, 0.4) is 0 Å². The maximum Gasteiger partial charge on any atom is 0.424 e. The smallest absolute Gasteiger partial charge is 0.424 e. The molecule has 3 rings (SSSR count). The average Bonchev–Trinajstić information content (AvgIpc) is 3.35. The predicted octanol–water partition coefficient (Wildman–Crippen LogP) is 5.86. The lowest BCUT2D eigenvalue weighted by atomic mass is 10.2. The van der Waals surface area contributed by atoms with Crippen molar-refractivity contribution >= 4 is 41.2 Å². The second kappa shape index (κ2) is 10.6. The third kappa shape index (κ3) is 8.23. The highest BCUT2D eigenvalue weighted by Crippen LogP contribution is 2.38. The van der Waals surface area contributed by atoms with Crippen molar-refractivity contribution in [3.8, 4) is 11.8 Å². The number of carbonyl (C=O) groups is 3. The SMILES string of the molecule is CC(C)(C)OC(=O)NC1(CC#Cc2cnc3c(N(C(=O)OC(C)(C)C)C(=O)OC(C)(C)C)c(Cl)cnn23)CC1. The summed E-state index contributed by atoms with van der Waals surface area (Å²) in [6.45, 7) is 15.5. The molecule has 0 bridgehead atoms. The lowest BCUT2D eigenvalue weighted by Gasteiger charge is -2.29. The number of alkyl carbamates (subject to hydrolysis) is 1. The van der Waals surface area contributed by atoms with E-state index in [2.05, 4.69) is 27.2 Å². The van der Waals surface area contributed by atoms with E-state index in [0.717, 1.165) is 12.8 Å². The minimum absolute atomic E-state index is 0.0113. The number of carbonyl (C=O) groups excluding carboxylic acids is 3. The van der Waals surface area contributed by atoms with Gasteiger partial charge in [0.15, 0.2) is 5.65 Å². The van der Waals surface area contributed by atoms with Crippen molar-refractivity contribution in [3.63, 3.8) is 0 Å². The number of ether oxygens (including phenoxy) is 3. The second-order valence-corrected chi connectivity index (χ2v) is 12.8. The number of rotatable bonds is 3. The molecular weight excluding hydrogens is 526 g/mol. The van der Waals surface area contributed by atoms with Gasteiger partial charge in [0.05, 0.1) is 23.0 Å². The first-order valence-corrected chi connectivity index (χ1v) is 13.0. The molecule has 0 spiro atoms. The van der Waals surface area contributed by atoms with Crippen LogP contribution < -0.4 is 10.2 Å². The Morgan fingerprint density at radius 3 is 2.00 bits per heavy atom. The predicted molar refractivity (Wildman–Crippen MR) is 146 cm³/mol. The number of fused-ring (bicyclic) bond motifs is 1. The quantitative estimate of drug-likeness (QED) is 0.365. The molecule has 1 aliphatic rings. The third-order valence-corrected chi connectivity index (χ3v) is 5.38. The van der Waals surface area contributed by atoms with E-state index >= 15 is 0 Å². The van der Waals surface area contributed by atoms with Crippen molar-refractivity contribution in [3.05, 3.63) is 23.1 Å². The molecule has 0 aliphatic heterocycles. The summed E-state index contributed by atoms with van der Waals surface area (Å²) in [4.78, 5) is 43.6. The first-order chi connectivity index (χ1) is 17.8. The van der Waals surface area contributed by atoms with Crippen LogP contribution in [-0.4, -0.2) is 55.2 Å². The molecule has 1 aliphatic carbocycles. The highest BCUT2D eigenvalue weighted by Gasteiger charge is 2.44. The zero-order valence-corrected chi connectivity index (χ0v) is 24.6.